The molecule has 1 atom stereocenters. The van der Waals surface area contributed by atoms with Crippen LogP contribution < -0.4 is 15.8 Å². The molecule has 1 heterocycles. The van der Waals surface area contributed by atoms with E-state index in [-0.39, 0.29) is 31.0 Å². The van der Waals surface area contributed by atoms with E-state index < -0.39 is 0 Å². The minimum atomic E-state index is -0.185. The number of ether oxygens (including phenoxy) is 1. The quantitative estimate of drug-likeness (QED) is 0.813. The molecule has 1 unspecified atom stereocenters. The molecule has 0 radical (unpaired) electrons. The first-order valence-corrected chi connectivity index (χ1v) is 7.42. The lowest BCUT2D eigenvalue weighted by molar-refractivity contribution is 0.0925. The average Bonchev–Trinajstić information content (AvgIpc) is 3.02. The predicted molar refractivity (Wildman–Crippen MR) is 92.1 cm³/mol. The summed E-state index contributed by atoms with van der Waals surface area (Å²) >= 11 is 0. The summed E-state index contributed by atoms with van der Waals surface area (Å²) < 4.78 is 11.1. The Bertz CT molecular complexity index is 628. The topological polar surface area (TPSA) is 77.5 Å². The van der Waals surface area contributed by atoms with Crippen molar-refractivity contribution in [2.75, 3.05) is 6.54 Å². The van der Waals surface area contributed by atoms with E-state index >= 15 is 0 Å². The molecule has 1 aromatic carbocycles. The van der Waals surface area contributed by atoms with E-state index in [0.29, 0.717) is 17.9 Å². The highest BCUT2D eigenvalue weighted by atomic mass is 35.5. The smallest absolute Gasteiger partial charge is 0.254 e. The second-order valence-corrected chi connectivity index (χ2v) is 5.13. The van der Waals surface area contributed by atoms with E-state index in [1.165, 1.54) is 6.26 Å². The number of furan rings is 1. The zero-order chi connectivity index (χ0) is 15.9. The summed E-state index contributed by atoms with van der Waals surface area (Å²) in [5, 5.41) is 2.86. The number of aryl methyl sites for hydroxylation is 1. The van der Waals surface area contributed by atoms with Gasteiger partial charge in [0.15, 0.2) is 0 Å². The maximum absolute atomic E-state index is 12.0. The van der Waals surface area contributed by atoms with E-state index in [1.807, 2.05) is 38.1 Å². The largest absolute Gasteiger partial charge is 0.488 e. The number of nitrogens with two attached hydrogens (primary N) is 1. The first kappa shape index (κ1) is 19.1. The van der Waals surface area contributed by atoms with E-state index in [0.717, 1.165) is 17.7 Å². The van der Waals surface area contributed by atoms with Gasteiger partial charge in [0.2, 0.25) is 0 Å². The number of hydrogen-bond acceptors (Lipinski definition) is 4. The van der Waals surface area contributed by atoms with Gasteiger partial charge in [-0.25, -0.2) is 0 Å². The Hall–Kier alpha value is -1.98. The second-order valence-electron chi connectivity index (χ2n) is 5.13. The van der Waals surface area contributed by atoms with Gasteiger partial charge in [0, 0.05) is 0 Å². The van der Waals surface area contributed by atoms with Crippen molar-refractivity contribution in [1.29, 1.82) is 0 Å². The molecular formula is C17H23ClN2O3. The van der Waals surface area contributed by atoms with Gasteiger partial charge in [-0.3, -0.25) is 4.79 Å². The third kappa shape index (κ3) is 5.30. The SMILES string of the molecule is CCC(CNC(=O)c1coc(CN)c1)Oc1ccccc1C.Cl. The van der Waals surface area contributed by atoms with Crippen molar-refractivity contribution < 1.29 is 13.9 Å². The molecule has 0 aliphatic carbocycles. The molecule has 3 N–H and O–H groups in total. The molecule has 126 valence electrons. The zero-order valence-corrected chi connectivity index (χ0v) is 14.2. The molecule has 1 amide bonds. The minimum Gasteiger partial charge on any atom is -0.488 e. The lowest BCUT2D eigenvalue weighted by Gasteiger charge is -2.19. The molecule has 2 rings (SSSR count). The molecule has 0 fully saturated rings. The summed E-state index contributed by atoms with van der Waals surface area (Å²) in [4.78, 5) is 12.0. The van der Waals surface area contributed by atoms with Gasteiger partial charge in [-0.2, -0.15) is 0 Å². The normalized spacial score (nSPS) is 11.4. The summed E-state index contributed by atoms with van der Waals surface area (Å²) in [6, 6.07) is 9.49. The maximum atomic E-state index is 12.0. The standard InChI is InChI=1S/C17H22N2O3.ClH/c1-3-14(22-16-7-5-4-6-12(16)2)10-19-17(20)13-8-15(9-18)21-11-13;/h4-8,11,14H,3,9-10,18H2,1-2H3,(H,19,20);1H. The summed E-state index contributed by atoms with van der Waals surface area (Å²) in [5.74, 6) is 1.25. The zero-order valence-electron chi connectivity index (χ0n) is 13.4. The third-order valence-electron chi connectivity index (χ3n) is 3.45. The fraction of sp³-hybridized carbons (Fsp3) is 0.353. The van der Waals surface area contributed by atoms with E-state index in [2.05, 4.69) is 5.32 Å². The van der Waals surface area contributed by atoms with Crippen LogP contribution in [0.5, 0.6) is 5.75 Å². The number of nitrogens with one attached hydrogen (secondary N) is 1. The highest BCUT2D eigenvalue weighted by Crippen LogP contribution is 2.18. The van der Waals surface area contributed by atoms with Crippen LogP contribution >= 0.6 is 12.4 Å². The second kappa shape index (κ2) is 9.22. The fourth-order valence-corrected chi connectivity index (χ4v) is 2.05. The molecule has 6 heteroatoms. The van der Waals surface area contributed by atoms with Gasteiger partial charge in [0.1, 0.15) is 23.9 Å². The summed E-state index contributed by atoms with van der Waals surface area (Å²) in [5.41, 5.74) is 7.02. The van der Waals surface area contributed by atoms with Crippen LogP contribution in [0.15, 0.2) is 41.0 Å². The van der Waals surface area contributed by atoms with Crippen molar-refractivity contribution in [2.24, 2.45) is 5.73 Å². The highest BCUT2D eigenvalue weighted by Gasteiger charge is 2.14. The van der Waals surface area contributed by atoms with E-state index in [4.69, 9.17) is 14.9 Å². The predicted octanol–water partition coefficient (Wildman–Crippen LogP) is 3.06. The van der Waals surface area contributed by atoms with Crippen molar-refractivity contribution in [2.45, 2.75) is 32.9 Å². The molecule has 5 nitrogen and oxygen atoms in total. The van der Waals surface area contributed by atoms with Gasteiger partial charge >= 0.3 is 0 Å². The van der Waals surface area contributed by atoms with Gasteiger partial charge in [-0.15, -0.1) is 12.4 Å². The number of benzene rings is 1. The molecule has 0 aliphatic rings. The number of rotatable bonds is 7. The highest BCUT2D eigenvalue weighted by molar-refractivity contribution is 5.93. The number of halogens is 1. The van der Waals surface area contributed by atoms with E-state index in [9.17, 15) is 4.79 Å². The monoisotopic (exact) mass is 338 g/mol. The molecule has 23 heavy (non-hydrogen) atoms. The molecule has 0 bridgehead atoms. The van der Waals surface area contributed by atoms with Crippen LogP contribution in [0.4, 0.5) is 0 Å². The number of carbonyl (C=O) groups is 1. The Balaban J connectivity index is 0.00000264. The Kier molecular flexibility index (Phi) is 7.65. The number of hydrogen-bond donors (Lipinski definition) is 2. The molecule has 0 aliphatic heterocycles. The van der Waals surface area contributed by atoms with Crippen LogP contribution in [0.3, 0.4) is 0 Å². The molecule has 0 saturated heterocycles. The molecule has 2 aromatic rings. The Morgan fingerprint density at radius 1 is 1.39 bits per heavy atom. The van der Waals surface area contributed by atoms with Crippen LogP contribution in [0.25, 0.3) is 0 Å². The first-order chi connectivity index (χ1) is 10.6. The molecular weight excluding hydrogens is 316 g/mol. The van der Waals surface area contributed by atoms with Crippen LogP contribution in [0, 0.1) is 6.92 Å². The summed E-state index contributed by atoms with van der Waals surface area (Å²) in [6.07, 6.45) is 2.14. The Labute approximate surface area is 142 Å². The van der Waals surface area contributed by atoms with Gasteiger partial charge in [-0.1, -0.05) is 25.1 Å². The average molecular weight is 339 g/mol. The van der Waals surface area contributed by atoms with Crippen LogP contribution in [0.2, 0.25) is 0 Å². The number of para-hydroxylation sites is 1. The minimum absolute atomic E-state index is 0. The van der Waals surface area contributed by atoms with Crippen molar-refractivity contribution in [3.8, 4) is 5.75 Å². The number of amides is 1. The van der Waals surface area contributed by atoms with E-state index in [1.54, 1.807) is 6.07 Å². The van der Waals surface area contributed by atoms with Gasteiger partial charge in [-0.05, 0) is 31.0 Å². The first-order valence-electron chi connectivity index (χ1n) is 7.42. The lowest BCUT2D eigenvalue weighted by Crippen LogP contribution is -2.35. The van der Waals surface area contributed by atoms with Gasteiger partial charge in [0.05, 0.1) is 18.7 Å². The Morgan fingerprint density at radius 3 is 2.74 bits per heavy atom. The third-order valence-corrected chi connectivity index (χ3v) is 3.45. The maximum Gasteiger partial charge on any atom is 0.254 e. The Morgan fingerprint density at radius 2 is 2.13 bits per heavy atom. The van der Waals surface area contributed by atoms with Crippen molar-refractivity contribution >= 4 is 18.3 Å². The molecule has 0 saturated carbocycles. The van der Waals surface area contributed by atoms with Crippen LogP contribution in [-0.2, 0) is 6.54 Å². The lowest BCUT2D eigenvalue weighted by atomic mass is 10.2. The molecule has 0 spiro atoms. The summed E-state index contributed by atoms with van der Waals surface area (Å²) in [7, 11) is 0. The molecule has 1 aromatic heterocycles. The van der Waals surface area contributed by atoms with Crippen LogP contribution in [-0.4, -0.2) is 18.6 Å². The van der Waals surface area contributed by atoms with Gasteiger partial charge in [0.25, 0.3) is 5.91 Å². The fourth-order valence-electron chi connectivity index (χ4n) is 2.05. The number of carbonyl (C=O) groups excluding carboxylic acids is 1. The van der Waals surface area contributed by atoms with Crippen molar-refractivity contribution in [1.82, 2.24) is 5.32 Å². The van der Waals surface area contributed by atoms with Crippen LogP contribution in [0.1, 0.15) is 35.0 Å². The van der Waals surface area contributed by atoms with Crippen molar-refractivity contribution in [3.05, 3.63) is 53.5 Å². The summed E-state index contributed by atoms with van der Waals surface area (Å²) in [6.45, 7) is 4.74. The van der Waals surface area contributed by atoms with Gasteiger partial charge < -0.3 is 20.2 Å². The van der Waals surface area contributed by atoms with Crippen molar-refractivity contribution in [3.63, 3.8) is 0 Å².